The number of carbonyl (C=O) groups excluding carboxylic acids is 2. The molecule has 0 aromatic heterocycles. The van der Waals surface area contributed by atoms with E-state index in [9.17, 15) is 14.7 Å². The first-order valence-electron chi connectivity index (χ1n) is 8.17. The molecule has 0 spiro atoms. The normalized spacial score (nSPS) is 13.9. The van der Waals surface area contributed by atoms with Crippen LogP contribution in [0.25, 0.3) is 10.4 Å². The van der Waals surface area contributed by atoms with Crippen molar-refractivity contribution in [1.82, 2.24) is 5.32 Å². The van der Waals surface area contributed by atoms with Gasteiger partial charge in [0.05, 0.1) is 13.2 Å². The lowest BCUT2D eigenvalue weighted by Gasteiger charge is -2.21. The van der Waals surface area contributed by atoms with Gasteiger partial charge in [0.25, 0.3) is 0 Å². The standard InChI is InChI=1S/C17H24N4O4/c1-3-4-10-13(20-21-18)15(22)16(23)19-14(17(24)25-2)11-12-8-6-5-7-9-12/h5-9,13-15,22H,3-4,10-11H2,1-2H3,(H,19,23)/t13?,14-,15?/m0/s1. The van der Waals surface area contributed by atoms with Gasteiger partial charge in [0, 0.05) is 11.3 Å². The first kappa shape index (κ1) is 20.5. The number of esters is 1. The average Bonchev–Trinajstić information content (AvgIpc) is 2.64. The number of aliphatic hydroxyl groups excluding tert-OH is 1. The van der Waals surface area contributed by atoms with Crippen LogP contribution in [0.4, 0.5) is 0 Å². The van der Waals surface area contributed by atoms with Gasteiger partial charge in [-0.1, -0.05) is 55.2 Å². The fourth-order valence-electron chi connectivity index (χ4n) is 2.38. The van der Waals surface area contributed by atoms with Crippen LogP contribution in [0.3, 0.4) is 0 Å². The molecule has 2 N–H and O–H groups in total. The first-order chi connectivity index (χ1) is 12.0. The van der Waals surface area contributed by atoms with E-state index in [2.05, 4.69) is 15.3 Å². The lowest BCUT2D eigenvalue weighted by Crippen LogP contribution is -2.49. The number of benzene rings is 1. The van der Waals surface area contributed by atoms with Gasteiger partial charge >= 0.3 is 5.97 Å². The van der Waals surface area contributed by atoms with Crippen molar-refractivity contribution in [3.63, 3.8) is 0 Å². The lowest BCUT2D eigenvalue weighted by atomic mass is 10.0. The molecule has 0 aliphatic heterocycles. The molecule has 0 fully saturated rings. The Kier molecular flexibility index (Phi) is 9.06. The Bertz CT molecular complexity index is 602. The van der Waals surface area contributed by atoms with E-state index in [1.807, 2.05) is 37.3 Å². The predicted molar refractivity (Wildman–Crippen MR) is 92.6 cm³/mol. The van der Waals surface area contributed by atoms with Gasteiger partial charge in [-0.2, -0.15) is 0 Å². The number of nitrogens with zero attached hydrogens (tertiary/aromatic N) is 3. The fraction of sp³-hybridized carbons (Fsp3) is 0.529. The van der Waals surface area contributed by atoms with Gasteiger partial charge in [0.1, 0.15) is 12.1 Å². The summed E-state index contributed by atoms with van der Waals surface area (Å²) >= 11 is 0. The van der Waals surface area contributed by atoms with E-state index < -0.39 is 30.1 Å². The average molecular weight is 348 g/mol. The van der Waals surface area contributed by atoms with Crippen molar-refractivity contribution in [2.24, 2.45) is 5.11 Å². The summed E-state index contributed by atoms with van der Waals surface area (Å²) in [6, 6.07) is 7.32. The van der Waals surface area contributed by atoms with Crippen molar-refractivity contribution < 1.29 is 19.4 Å². The topological polar surface area (TPSA) is 124 Å². The molecule has 0 aliphatic carbocycles. The second kappa shape index (κ2) is 11.1. The second-order valence-electron chi connectivity index (χ2n) is 5.63. The molecule has 1 amide bonds. The number of unbranched alkanes of at least 4 members (excludes halogenated alkanes) is 1. The molecule has 3 atom stereocenters. The van der Waals surface area contributed by atoms with Gasteiger partial charge in [0.2, 0.25) is 5.91 Å². The number of amides is 1. The van der Waals surface area contributed by atoms with Crippen LogP contribution in [0.2, 0.25) is 0 Å². The molecule has 1 rings (SSSR count). The maximum atomic E-state index is 12.3. The van der Waals surface area contributed by atoms with Crippen molar-refractivity contribution >= 4 is 11.9 Å². The minimum Gasteiger partial charge on any atom is -0.467 e. The molecule has 2 unspecified atom stereocenters. The lowest BCUT2D eigenvalue weighted by molar-refractivity contribution is -0.146. The molecule has 136 valence electrons. The molecular weight excluding hydrogens is 324 g/mol. The fourth-order valence-corrected chi connectivity index (χ4v) is 2.38. The first-order valence-corrected chi connectivity index (χ1v) is 8.17. The molecule has 0 heterocycles. The van der Waals surface area contributed by atoms with Gasteiger partial charge in [-0.15, -0.1) is 0 Å². The molecule has 8 nitrogen and oxygen atoms in total. The van der Waals surface area contributed by atoms with E-state index in [1.54, 1.807) is 0 Å². The number of hydrogen-bond donors (Lipinski definition) is 2. The van der Waals surface area contributed by atoms with Crippen LogP contribution in [-0.2, 0) is 20.7 Å². The van der Waals surface area contributed by atoms with Crippen LogP contribution < -0.4 is 5.32 Å². The summed E-state index contributed by atoms with van der Waals surface area (Å²) in [6.07, 6.45) is 0.637. The zero-order valence-electron chi connectivity index (χ0n) is 14.5. The summed E-state index contributed by atoms with van der Waals surface area (Å²) in [5.74, 6) is -1.38. The van der Waals surface area contributed by atoms with Crippen LogP contribution in [0, 0.1) is 0 Å². The SMILES string of the molecule is CCCCC(N=[N+]=[N-])C(O)C(=O)N[C@@H](Cc1ccccc1)C(=O)OC. The molecular formula is C17H24N4O4. The van der Waals surface area contributed by atoms with Crippen LogP contribution in [0.1, 0.15) is 31.7 Å². The highest BCUT2D eigenvalue weighted by atomic mass is 16.5. The highest BCUT2D eigenvalue weighted by Crippen LogP contribution is 2.11. The summed E-state index contributed by atoms with van der Waals surface area (Å²) in [5, 5.41) is 16.2. The number of nitrogens with one attached hydrogen (secondary N) is 1. The minimum atomic E-state index is -1.52. The largest absolute Gasteiger partial charge is 0.467 e. The van der Waals surface area contributed by atoms with E-state index in [0.717, 1.165) is 12.0 Å². The second-order valence-corrected chi connectivity index (χ2v) is 5.63. The van der Waals surface area contributed by atoms with Crippen molar-refractivity contribution in [3.05, 3.63) is 46.3 Å². The van der Waals surface area contributed by atoms with Crippen molar-refractivity contribution in [2.75, 3.05) is 7.11 Å². The highest BCUT2D eigenvalue weighted by molar-refractivity contribution is 5.87. The number of azide groups is 1. The number of carbonyl (C=O) groups is 2. The van der Waals surface area contributed by atoms with E-state index in [1.165, 1.54) is 7.11 Å². The Labute approximate surface area is 146 Å². The third-order valence-corrected chi connectivity index (χ3v) is 3.77. The molecule has 1 aromatic carbocycles. The van der Waals surface area contributed by atoms with Gasteiger partial charge in [-0.3, -0.25) is 4.79 Å². The zero-order valence-corrected chi connectivity index (χ0v) is 14.5. The highest BCUT2D eigenvalue weighted by Gasteiger charge is 2.29. The molecule has 0 bridgehead atoms. The maximum Gasteiger partial charge on any atom is 0.328 e. The number of methoxy groups -OCH3 is 1. The van der Waals surface area contributed by atoms with E-state index in [4.69, 9.17) is 10.3 Å². The summed E-state index contributed by atoms with van der Waals surface area (Å²) in [5.41, 5.74) is 9.45. The Morgan fingerprint density at radius 1 is 1.36 bits per heavy atom. The van der Waals surface area contributed by atoms with Crippen LogP contribution in [-0.4, -0.2) is 42.3 Å². The summed E-state index contributed by atoms with van der Waals surface area (Å²) in [6.45, 7) is 1.95. The third kappa shape index (κ3) is 6.82. The molecule has 0 saturated carbocycles. The summed E-state index contributed by atoms with van der Waals surface area (Å²) in [4.78, 5) is 26.9. The molecule has 0 radical (unpaired) electrons. The van der Waals surface area contributed by atoms with E-state index >= 15 is 0 Å². The number of hydrogen-bond acceptors (Lipinski definition) is 5. The maximum absolute atomic E-state index is 12.3. The number of rotatable bonds is 10. The molecule has 8 heteroatoms. The molecule has 0 aliphatic rings. The molecule has 0 saturated heterocycles. The van der Waals surface area contributed by atoms with E-state index in [0.29, 0.717) is 12.8 Å². The Morgan fingerprint density at radius 3 is 2.60 bits per heavy atom. The summed E-state index contributed by atoms with van der Waals surface area (Å²) in [7, 11) is 1.23. The van der Waals surface area contributed by atoms with Gasteiger partial charge in [0.15, 0.2) is 0 Å². The smallest absolute Gasteiger partial charge is 0.328 e. The molecule has 1 aromatic rings. The van der Waals surface area contributed by atoms with Gasteiger partial charge in [-0.25, -0.2) is 4.79 Å². The minimum absolute atomic E-state index is 0.229. The zero-order chi connectivity index (χ0) is 18.7. The van der Waals surface area contributed by atoms with E-state index in [-0.39, 0.29) is 6.42 Å². The quantitative estimate of drug-likeness (QED) is 0.291. The van der Waals surface area contributed by atoms with Crippen LogP contribution in [0.15, 0.2) is 35.4 Å². The van der Waals surface area contributed by atoms with Crippen LogP contribution in [0.5, 0.6) is 0 Å². The van der Waals surface area contributed by atoms with Crippen molar-refractivity contribution in [3.8, 4) is 0 Å². The Balaban J connectivity index is 2.81. The third-order valence-electron chi connectivity index (χ3n) is 3.77. The van der Waals surface area contributed by atoms with Crippen molar-refractivity contribution in [2.45, 2.75) is 50.8 Å². The number of aliphatic hydroxyl groups is 1. The molecule has 25 heavy (non-hydrogen) atoms. The Hall–Kier alpha value is -2.57. The van der Waals surface area contributed by atoms with Gasteiger partial charge in [-0.05, 0) is 17.5 Å². The Morgan fingerprint density at radius 2 is 2.04 bits per heavy atom. The van der Waals surface area contributed by atoms with Crippen LogP contribution >= 0.6 is 0 Å². The summed E-state index contributed by atoms with van der Waals surface area (Å²) < 4.78 is 4.72. The predicted octanol–water partition coefficient (Wildman–Crippen LogP) is 2.12. The van der Waals surface area contributed by atoms with Crippen molar-refractivity contribution in [1.29, 1.82) is 0 Å². The monoisotopic (exact) mass is 348 g/mol. The van der Waals surface area contributed by atoms with Gasteiger partial charge < -0.3 is 15.2 Å². The number of ether oxygens (including phenoxy) is 1.